The summed E-state index contributed by atoms with van der Waals surface area (Å²) in [4.78, 5) is 72.9. The Balaban J connectivity index is 5.29. The summed E-state index contributed by atoms with van der Waals surface area (Å²) in [7, 11) is -9.93. The van der Waals surface area contributed by atoms with Gasteiger partial charge in [-0.1, -0.05) is 336 Å². The molecule has 0 amide bonds. The highest BCUT2D eigenvalue weighted by molar-refractivity contribution is 7.47. The molecule has 0 aliphatic heterocycles. The maximum Gasteiger partial charge on any atom is 0.472 e. The second-order valence-electron chi connectivity index (χ2n) is 28.7. The van der Waals surface area contributed by atoms with Crippen molar-refractivity contribution in [3.63, 3.8) is 0 Å². The van der Waals surface area contributed by atoms with E-state index >= 15 is 0 Å². The van der Waals surface area contributed by atoms with Gasteiger partial charge in [0.25, 0.3) is 0 Å². The first kappa shape index (κ1) is 95.5. The summed E-state index contributed by atoms with van der Waals surface area (Å²) in [6, 6.07) is 0. The average Bonchev–Trinajstić information content (AvgIpc) is 1.03. The van der Waals surface area contributed by atoms with E-state index in [1.807, 2.05) is 0 Å². The number of allylic oxidation sites excluding steroid dienone is 4. The van der Waals surface area contributed by atoms with Gasteiger partial charge in [0.2, 0.25) is 0 Å². The molecule has 0 saturated carbocycles. The van der Waals surface area contributed by atoms with Crippen molar-refractivity contribution >= 4 is 39.5 Å². The molecule has 0 fully saturated rings. The van der Waals surface area contributed by atoms with E-state index in [9.17, 15) is 43.2 Å². The Labute approximate surface area is 599 Å². The first-order valence-electron chi connectivity index (χ1n) is 40.3. The van der Waals surface area contributed by atoms with Gasteiger partial charge < -0.3 is 33.8 Å². The SMILES string of the molecule is CCCCCC/C=C\C=C/CCCCCCCC(=O)OC[C@H](COP(=O)(O)OC[C@@H](O)COP(=O)(O)OC[C@@H](COC(=O)CCCCCCCCCCCC(C)C)OC(=O)CCCCCCCCCCCCCCC)OC(=O)CCCCCCCCCCCCCCCCCC(C)C. The molecule has 17 nitrogen and oxygen atoms in total. The van der Waals surface area contributed by atoms with Gasteiger partial charge in [0.05, 0.1) is 26.4 Å². The highest BCUT2D eigenvalue weighted by Gasteiger charge is 2.30. The van der Waals surface area contributed by atoms with Crippen LogP contribution in [0.1, 0.15) is 388 Å². The van der Waals surface area contributed by atoms with Crippen molar-refractivity contribution in [3.05, 3.63) is 24.3 Å². The topological polar surface area (TPSA) is 237 Å². The number of esters is 4. The lowest BCUT2D eigenvalue weighted by atomic mass is 10.0. The van der Waals surface area contributed by atoms with Crippen LogP contribution in [0.15, 0.2) is 24.3 Å². The number of hydrogen-bond acceptors (Lipinski definition) is 15. The number of carbonyl (C=O) groups excluding carboxylic acids is 4. The Hall–Kier alpha value is -2.46. The number of aliphatic hydroxyl groups excluding tert-OH is 1. The fourth-order valence-electron chi connectivity index (χ4n) is 11.6. The summed E-state index contributed by atoms with van der Waals surface area (Å²) in [5.41, 5.74) is 0. The smallest absolute Gasteiger partial charge is 0.462 e. The lowest BCUT2D eigenvalue weighted by Crippen LogP contribution is -2.30. The molecule has 3 N–H and O–H groups in total. The first-order valence-corrected chi connectivity index (χ1v) is 43.3. The summed E-state index contributed by atoms with van der Waals surface area (Å²) < 4.78 is 68.6. The minimum atomic E-state index is -4.97. The number of phosphoric ester groups is 2. The van der Waals surface area contributed by atoms with Crippen LogP contribution >= 0.6 is 15.6 Å². The third kappa shape index (κ3) is 71.9. The standard InChI is InChI=1S/C79H150O17P2/c1-7-9-11-13-15-17-19-21-23-28-31-37-43-49-55-61-76(81)89-67-74(95-79(84)64-58-52-46-39-33-29-25-22-24-27-30-35-41-47-53-59-71(3)4)69-93-97(85,86)91-65-73(80)66-92-98(87,88)94-70-75(68-90-77(82)62-56-50-44-40-34-36-42-48-54-60-72(5)6)96-78(83)63-57-51-45-38-32-26-20-18-16-14-12-10-8-2/h17,19,21,23,71-75,80H,7-16,18,20,22,24-70H2,1-6H3,(H,85,86)(H,87,88)/b19-17-,23-21-/t73-,74-,75-/m1/s1. The largest absolute Gasteiger partial charge is 0.472 e. The van der Waals surface area contributed by atoms with Crippen molar-refractivity contribution in [1.82, 2.24) is 0 Å². The fourth-order valence-corrected chi connectivity index (χ4v) is 13.2. The molecule has 0 spiro atoms. The van der Waals surface area contributed by atoms with Gasteiger partial charge in [0.15, 0.2) is 12.2 Å². The molecule has 2 unspecified atom stereocenters. The summed E-state index contributed by atoms with van der Waals surface area (Å²) in [6.07, 6.45) is 61.7. The molecular formula is C79H150O17P2. The van der Waals surface area contributed by atoms with E-state index in [1.165, 1.54) is 186 Å². The predicted molar refractivity (Wildman–Crippen MR) is 400 cm³/mol. The quantitative estimate of drug-likeness (QED) is 0.0169. The lowest BCUT2D eigenvalue weighted by Gasteiger charge is -2.21. The van der Waals surface area contributed by atoms with Crippen molar-refractivity contribution in [2.45, 2.75) is 407 Å². The van der Waals surface area contributed by atoms with E-state index in [4.69, 9.17) is 37.0 Å². The van der Waals surface area contributed by atoms with Crippen molar-refractivity contribution in [1.29, 1.82) is 0 Å². The van der Waals surface area contributed by atoms with E-state index in [2.05, 4.69) is 65.8 Å². The average molecular weight is 1430 g/mol. The molecule has 0 rings (SSSR count). The highest BCUT2D eigenvalue weighted by Crippen LogP contribution is 2.45. The number of unbranched alkanes of at least 4 members (excludes halogenated alkanes) is 43. The molecule has 98 heavy (non-hydrogen) atoms. The number of hydrogen-bond donors (Lipinski definition) is 3. The van der Waals surface area contributed by atoms with Gasteiger partial charge >= 0.3 is 39.5 Å². The van der Waals surface area contributed by atoms with Gasteiger partial charge in [-0.15, -0.1) is 0 Å². The second-order valence-corrected chi connectivity index (χ2v) is 31.6. The predicted octanol–water partition coefficient (Wildman–Crippen LogP) is 23.1. The molecule has 0 bridgehead atoms. The number of rotatable bonds is 76. The van der Waals surface area contributed by atoms with Crippen LogP contribution in [0.2, 0.25) is 0 Å². The maximum atomic E-state index is 13.1. The van der Waals surface area contributed by atoms with Gasteiger partial charge in [-0.25, -0.2) is 9.13 Å². The lowest BCUT2D eigenvalue weighted by molar-refractivity contribution is -0.161. The summed E-state index contributed by atoms with van der Waals surface area (Å²) in [5, 5.41) is 10.6. The monoisotopic (exact) mass is 1430 g/mol. The van der Waals surface area contributed by atoms with Crippen LogP contribution < -0.4 is 0 Å². The molecule has 0 heterocycles. The number of phosphoric acid groups is 2. The third-order valence-electron chi connectivity index (χ3n) is 17.8. The normalized spacial score (nSPS) is 14.1. The molecule has 0 aromatic rings. The van der Waals surface area contributed by atoms with Crippen molar-refractivity contribution in [2.24, 2.45) is 11.8 Å². The molecule has 0 saturated heterocycles. The van der Waals surface area contributed by atoms with Gasteiger partial charge in [-0.3, -0.25) is 37.3 Å². The highest BCUT2D eigenvalue weighted by atomic mass is 31.2. The van der Waals surface area contributed by atoms with Crippen LogP contribution in [0.25, 0.3) is 0 Å². The zero-order chi connectivity index (χ0) is 72.1. The minimum Gasteiger partial charge on any atom is -0.462 e. The van der Waals surface area contributed by atoms with Gasteiger partial charge in [-0.05, 0) is 63.2 Å². The van der Waals surface area contributed by atoms with E-state index in [1.54, 1.807) is 0 Å². The van der Waals surface area contributed by atoms with Gasteiger partial charge in [-0.2, -0.15) is 0 Å². The number of aliphatic hydroxyl groups is 1. The zero-order valence-electron chi connectivity index (χ0n) is 63.6. The van der Waals surface area contributed by atoms with Crippen LogP contribution in [-0.4, -0.2) is 96.7 Å². The van der Waals surface area contributed by atoms with Crippen molar-refractivity contribution in [3.8, 4) is 0 Å². The van der Waals surface area contributed by atoms with Crippen LogP contribution in [0, 0.1) is 11.8 Å². The molecule has 0 radical (unpaired) electrons. The Morgan fingerprint density at radius 2 is 0.551 bits per heavy atom. The molecule has 0 aliphatic carbocycles. The Morgan fingerprint density at radius 3 is 0.837 bits per heavy atom. The summed E-state index contributed by atoms with van der Waals surface area (Å²) >= 11 is 0. The molecule has 0 aromatic heterocycles. The van der Waals surface area contributed by atoms with Gasteiger partial charge in [0, 0.05) is 25.7 Å². The van der Waals surface area contributed by atoms with Crippen LogP contribution in [0.5, 0.6) is 0 Å². The Bertz CT molecular complexity index is 1980. The molecule has 578 valence electrons. The van der Waals surface area contributed by atoms with E-state index in [-0.39, 0.29) is 25.7 Å². The van der Waals surface area contributed by atoms with Gasteiger partial charge in [0.1, 0.15) is 19.3 Å². The van der Waals surface area contributed by atoms with E-state index in [0.29, 0.717) is 25.7 Å². The van der Waals surface area contributed by atoms with E-state index < -0.39 is 97.5 Å². The van der Waals surface area contributed by atoms with Crippen LogP contribution in [-0.2, 0) is 65.4 Å². The fraction of sp³-hybridized carbons (Fsp3) is 0.899. The van der Waals surface area contributed by atoms with Crippen molar-refractivity contribution in [2.75, 3.05) is 39.6 Å². The zero-order valence-corrected chi connectivity index (χ0v) is 65.4. The second kappa shape index (κ2) is 70.2. The Morgan fingerprint density at radius 1 is 0.316 bits per heavy atom. The summed E-state index contributed by atoms with van der Waals surface area (Å²) in [5.74, 6) is -0.597. The molecule has 5 atom stereocenters. The van der Waals surface area contributed by atoms with Crippen molar-refractivity contribution < 1.29 is 80.2 Å². The maximum absolute atomic E-state index is 13.1. The molecule has 0 aromatic carbocycles. The molecular weight excluding hydrogens is 1280 g/mol. The Kier molecular flexibility index (Phi) is 68.5. The van der Waals surface area contributed by atoms with Crippen LogP contribution in [0.3, 0.4) is 0 Å². The van der Waals surface area contributed by atoms with E-state index in [0.717, 1.165) is 121 Å². The molecule has 19 heteroatoms. The third-order valence-corrected chi connectivity index (χ3v) is 19.7. The first-order chi connectivity index (χ1) is 47.4. The molecule has 0 aliphatic rings. The number of ether oxygens (including phenoxy) is 4. The minimum absolute atomic E-state index is 0.101. The van der Waals surface area contributed by atoms with Crippen LogP contribution in [0.4, 0.5) is 0 Å². The number of carbonyl (C=O) groups is 4. The summed E-state index contributed by atoms with van der Waals surface area (Å²) in [6.45, 7) is 9.56.